The SMILES string of the molecule is C#Cc1ccc2c(c1)C(c1ccccc1Cl)=N[C@H](C)c1c(C(N)=O)ncn1-2. The van der Waals surface area contributed by atoms with E-state index in [-0.39, 0.29) is 11.7 Å². The van der Waals surface area contributed by atoms with Crippen LogP contribution in [-0.4, -0.2) is 21.2 Å². The fourth-order valence-electron chi connectivity index (χ4n) is 3.36. The summed E-state index contributed by atoms with van der Waals surface area (Å²) in [4.78, 5) is 20.9. The average Bonchev–Trinajstić information content (AvgIpc) is 3.07. The molecule has 1 atom stereocenters. The van der Waals surface area contributed by atoms with Crippen LogP contribution < -0.4 is 5.73 Å². The summed E-state index contributed by atoms with van der Waals surface area (Å²) in [5, 5.41) is 0.584. The Morgan fingerprint density at radius 3 is 2.74 bits per heavy atom. The molecule has 5 nitrogen and oxygen atoms in total. The van der Waals surface area contributed by atoms with Crippen LogP contribution in [0.15, 0.2) is 53.8 Å². The Morgan fingerprint density at radius 1 is 1.26 bits per heavy atom. The number of fused-ring (bicyclic) bond motifs is 3. The summed E-state index contributed by atoms with van der Waals surface area (Å²) in [7, 11) is 0. The molecule has 2 aromatic carbocycles. The van der Waals surface area contributed by atoms with Gasteiger partial charge in [-0.1, -0.05) is 35.7 Å². The highest BCUT2D eigenvalue weighted by Crippen LogP contribution is 2.34. The maximum Gasteiger partial charge on any atom is 0.269 e. The van der Waals surface area contributed by atoms with Crippen LogP contribution in [0.25, 0.3) is 5.69 Å². The Hall–Kier alpha value is -3.36. The Morgan fingerprint density at radius 2 is 2.04 bits per heavy atom. The average molecular weight is 375 g/mol. The van der Waals surface area contributed by atoms with E-state index in [0.29, 0.717) is 16.4 Å². The van der Waals surface area contributed by atoms with Crippen LogP contribution in [-0.2, 0) is 0 Å². The number of hydrogen-bond acceptors (Lipinski definition) is 3. The summed E-state index contributed by atoms with van der Waals surface area (Å²) in [5.41, 5.74) is 10.2. The lowest BCUT2D eigenvalue weighted by Gasteiger charge is -2.13. The zero-order chi connectivity index (χ0) is 19.1. The molecule has 0 unspecified atom stereocenters. The second-order valence-electron chi connectivity index (χ2n) is 6.22. The summed E-state index contributed by atoms with van der Waals surface area (Å²) < 4.78 is 1.84. The van der Waals surface area contributed by atoms with Gasteiger partial charge >= 0.3 is 0 Å². The van der Waals surface area contributed by atoms with Crippen LogP contribution in [0.1, 0.15) is 45.8 Å². The van der Waals surface area contributed by atoms with Gasteiger partial charge in [-0.15, -0.1) is 6.42 Å². The summed E-state index contributed by atoms with van der Waals surface area (Å²) in [6.07, 6.45) is 7.19. The Kier molecular flexibility index (Phi) is 4.06. The molecule has 0 bridgehead atoms. The molecule has 0 aliphatic carbocycles. The molecule has 0 radical (unpaired) electrons. The zero-order valence-electron chi connectivity index (χ0n) is 14.5. The fourth-order valence-corrected chi connectivity index (χ4v) is 3.58. The van der Waals surface area contributed by atoms with Gasteiger partial charge in [0.05, 0.1) is 23.1 Å². The van der Waals surface area contributed by atoms with Gasteiger partial charge in [-0.2, -0.15) is 0 Å². The van der Waals surface area contributed by atoms with Gasteiger partial charge < -0.3 is 5.73 Å². The molecule has 2 N–H and O–H groups in total. The van der Waals surface area contributed by atoms with Crippen molar-refractivity contribution < 1.29 is 4.79 Å². The third kappa shape index (κ3) is 2.71. The van der Waals surface area contributed by atoms with Crippen molar-refractivity contribution in [2.45, 2.75) is 13.0 Å². The number of terminal acetylenes is 1. The molecule has 3 aromatic rings. The number of hydrogen-bond donors (Lipinski definition) is 1. The number of carbonyl (C=O) groups excluding carboxylic acids is 1. The number of halogens is 1. The molecular weight excluding hydrogens is 360 g/mol. The number of aromatic nitrogens is 2. The van der Waals surface area contributed by atoms with Crippen molar-refractivity contribution in [3.8, 4) is 18.0 Å². The number of aliphatic imine (C=N–C) groups is 1. The predicted octanol–water partition coefficient (Wildman–Crippen LogP) is 3.52. The minimum atomic E-state index is -0.589. The molecule has 0 saturated carbocycles. The number of benzene rings is 2. The van der Waals surface area contributed by atoms with E-state index in [9.17, 15) is 4.79 Å². The maximum atomic E-state index is 11.9. The smallest absolute Gasteiger partial charge is 0.269 e. The molecular formula is C21H15ClN4O. The van der Waals surface area contributed by atoms with Crippen molar-refractivity contribution in [3.63, 3.8) is 0 Å². The summed E-state index contributed by atoms with van der Waals surface area (Å²) >= 11 is 6.45. The quantitative estimate of drug-likeness (QED) is 0.697. The molecule has 0 spiro atoms. The predicted molar refractivity (Wildman–Crippen MR) is 106 cm³/mol. The molecule has 0 saturated heterocycles. The van der Waals surface area contributed by atoms with Crippen LogP contribution in [0, 0.1) is 12.3 Å². The standard InChI is InChI=1S/C21H15ClN4O/c1-3-13-8-9-17-15(10-13)18(14-6-4-5-7-16(14)22)25-12(2)20-19(21(23)27)24-11-26(17)20/h1,4-12H,2H3,(H2,23,27)/t12-/m1/s1. The second kappa shape index (κ2) is 6.42. The highest BCUT2D eigenvalue weighted by atomic mass is 35.5. The lowest BCUT2D eigenvalue weighted by Crippen LogP contribution is -2.15. The highest BCUT2D eigenvalue weighted by Gasteiger charge is 2.28. The molecule has 132 valence electrons. The molecule has 1 amide bonds. The topological polar surface area (TPSA) is 73.3 Å². The third-order valence-electron chi connectivity index (χ3n) is 4.56. The van der Waals surface area contributed by atoms with Gasteiger partial charge in [0.25, 0.3) is 5.91 Å². The monoisotopic (exact) mass is 374 g/mol. The number of imidazole rings is 1. The van der Waals surface area contributed by atoms with Gasteiger partial charge in [-0.25, -0.2) is 4.98 Å². The Balaban J connectivity index is 2.08. The molecule has 0 fully saturated rings. The number of nitrogens with zero attached hydrogens (tertiary/aromatic N) is 3. The van der Waals surface area contributed by atoms with Crippen molar-refractivity contribution >= 4 is 23.2 Å². The summed E-state index contributed by atoms with van der Waals surface area (Å²) in [6, 6.07) is 12.8. The van der Waals surface area contributed by atoms with Gasteiger partial charge in [0.15, 0.2) is 5.69 Å². The first kappa shape index (κ1) is 17.1. The largest absolute Gasteiger partial charge is 0.364 e. The van der Waals surface area contributed by atoms with Crippen molar-refractivity contribution in [3.05, 3.63) is 81.9 Å². The third-order valence-corrected chi connectivity index (χ3v) is 4.89. The van der Waals surface area contributed by atoms with E-state index in [1.807, 2.05) is 54.0 Å². The first-order valence-corrected chi connectivity index (χ1v) is 8.70. The lowest BCUT2D eigenvalue weighted by atomic mass is 9.98. The minimum absolute atomic E-state index is 0.207. The van der Waals surface area contributed by atoms with Crippen LogP contribution in [0.2, 0.25) is 5.02 Å². The van der Waals surface area contributed by atoms with Crippen LogP contribution in [0.4, 0.5) is 0 Å². The zero-order valence-corrected chi connectivity index (χ0v) is 15.2. The van der Waals surface area contributed by atoms with Crippen molar-refractivity contribution in [1.82, 2.24) is 9.55 Å². The number of nitrogens with two attached hydrogens (primary N) is 1. The molecule has 27 heavy (non-hydrogen) atoms. The van der Waals surface area contributed by atoms with Crippen LogP contribution in [0.3, 0.4) is 0 Å². The van der Waals surface area contributed by atoms with E-state index in [1.54, 1.807) is 6.33 Å². The number of carbonyl (C=O) groups is 1. The molecule has 1 aromatic heterocycles. The van der Waals surface area contributed by atoms with Crippen LogP contribution in [0.5, 0.6) is 0 Å². The van der Waals surface area contributed by atoms with E-state index < -0.39 is 5.91 Å². The van der Waals surface area contributed by atoms with E-state index in [0.717, 1.165) is 22.4 Å². The number of rotatable bonds is 2. The second-order valence-corrected chi connectivity index (χ2v) is 6.63. The van der Waals surface area contributed by atoms with Gasteiger partial charge in [0, 0.05) is 21.7 Å². The number of primary amides is 1. The first-order valence-electron chi connectivity index (χ1n) is 8.32. The first-order chi connectivity index (χ1) is 13.0. The molecule has 6 heteroatoms. The summed E-state index contributed by atoms with van der Waals surface area (Å²) in [6.45, 7) is 1.89. The van der Waals surface area contributed by atoms with Gasteiger partial charge in [0.2, 0.25) is 0 Å². The molecule has 1 aliphatic heterocycles. The maximum absolute atomic E-state index is 11.9. The fraction of sp³-hybridized carbons (Fsp3) is 0.0952. The lowest BCUT2D eigenvalue weighted by molar-refractivity contribution is 0.0994. The molecule has 1 aliphatic rings. The normalized spacial score (nSPS) is 15.1. The van der Waals surface area contributed by atoms with Crippen molar-refractivity contribution in [2.75, 3.05) is 0 Å². The van der Waals surface area contributed by atoms with Crippen molar-refractivity contribution in [1.29, 1.82) is 0 Å². The Labute approximate surface area is 161 Å². The van der Waals surface area contributed by atoms with E-state index in [4.69, 9.17) is 28.8 Å². The van der Waals surface area contributed by atoms with E-state index in [2.05, 4.69) is 10.9 Å². The van der Waals surface area contributed by atoms with E-state index in [1.165, 1.54) is 0 Å². The molecule has 2 heterocycles. The summed E-state index contributed by atoms with van der Waals surface area (Å²) in [5.74, 6) is 2.07. The van der Waals surface area contributed by atoms with Gasteiger partial charge in [0.1, 0.15) is 6.33 Å². The number of amides is 1. The van der Waals surface area contributed by atoms with Gasteiger partial charge in [-0.3, -0.25) is 14.4 Å². The van der Waals surface area contributed by atoms with Crippen molar-refractivity contribution in [2.24, 2.45) is 10.7 Å². The minimum Gasteiger partial charge on any atom is -0.364 e. The van der Waals surface area contributed by atoms with Crippen LogP contribution >= 0.6 is 11.6 Å². The molecule has 4 rings (SSSR count). The Bertz CT molecular complexity index is 1150. The van der Waals surface area contributed by atoms with Gasteiger partial charge in [-0.05, 0) is 31.2 Å². The highest BCUT2D eigenvalue weighted by molar-refractivity contribution is 6.35. The van der Waals surface area contributed by atoms with E-state index >= 15 is 0 Å².